The van der Waals surface area contributed by atoms with E-state index in [1.54, 1.807) is 30.3 Å². The van der Waals surface area contributed by atoms with Crippen LogP contribution in [-0.4, -0.2) is 39.8 Å². The van der Waals surface area contributed by atoms with Crippen LogP contribution < -0.4 is 15.4 Å². The Morgan fingerprint density at radius 3 is 2.49 bits per heavy atom. The number of hydrogen-bond donors (Lipinski definition) is 4. The molecule has 0 spiro atoms. The van der Waals surface area contributed by atoms with Gasteiger partial charge in [-0.3, -0.25) is 14.8 Å². The largest absolute Gasteiger partial charge is 0.506 e. The van der Waals surface area contributed by atoms with Gasteiger partial charge in [-0.2, -0.15) is 8.42 Å². The SMILES string of the molecule is C=Cc1cccc(CNC2(CCC(C)(C)C)C(=O)C(C3=NS(=O)(=O)c4cc(NS(C)(=O)=O)ccc4N3)=C(O)c3ccccc32)c1. The summed E-state index contributed by atoms with van der Waals surface area (Å²) in [6.07, 6.45) is 3.66. The number of aliphatic hydroxyl groups is 1. The summed E-state index contributed by atoms with van der Waals surface area (Å²) in [6.45, 7) is 10.4. The van der Waals surface area contributed by atoms with E-state index in [-0.39, 0.29) is 33.1 Å². The van der Waals surface area contributed by atoms with Crippen molar-refractivity contribution in [2.24, 2.45) is 9.81 Å². The van der Waals surface area contributed by atoms with Gasteiger partial charge in [-0.25, -0.2) is 8.42 Å². The summed E-state index contributed by atoms with van der Waals surface area (Å²) in [4.78, 5) is 14.6. The van der Waals surface area contributed by atoms with Crippen LogP contribution in [0.1, 0.15) is 55.9 Å². The Bertz CT molecular complexity index is 1990. The molecule has 1 aliphatic carbocycles. The minimum absolute atomic E-state index is 0.0379. The van der Waals surface area contributed by atoms with Crippen molar-refractivity contribution in [3.05, 3.63) is 101 Å². The highest BCUT2D eigenvalue weighted by Crippen LogP contribution is 2.44. The number of rotatable bonds is 9. The molecule has 0 aromatic heterocycles. The van der Waals surface area contributed by atoms with Crippen LogP contribution in [0.2, 0.25) is 0 Å². The fraction of sp³-hybridized carbons (Fsp3) is 0.273. The second kappa shape index (κ2) is 11.6. The van der Waals surface area contributed by atoms with Crippen LogP contribution in [0.5, 0.6) is 0 Å². The van der Waals surface area contributed by atoms with Crippen molar-refractivity contribution in [1.82, 2.24) is 5.32 Å². The van der Waals surface area contributed by atoms with Gasteiger partial charge in [0, 0.05) is 17.8 Å². The summed E-state index contributed by atoms with van der Waals surface area (Å²) in [5, 5.41) is 18.0. The molecule has 12 heteroatoms. The number of fused-ring (bicyclic) bond motifs is 2. The lowest BCUT2D eigenvalue weighted by Crippen LogP contribution is -2.53. The molecule has 1 aliphatic heterocycles. The number of Topliss-reactive ketones (excluding diaryl/α,β-unsaturated/α-hetero) is 1. The van der Waals surface area contributed by atoms with Gasteiger partial charge in [0.1, 0.15) is 21.8 Å². The summed E-state index contributed by atoms with van der Waals surface area (Å²) >= 11 is 0. The number of carbonyl (C=O) groups excluding carboxylic acids is 1. The minimum Gasteiger partial charge on any atom is -0.506 e. The number of aliphatic hydroxyl groups excluding tert-OH is 1. The van der Waals surface area contributed by atoms with Crippen molar-refractivity contribution < 1.29 is 26.7 Å². The minimum atomic E-state index is -4.42. The van der Waals surface area contributed by atoms with Gasteiger partial charge in [-0.1, -0.05) is 82.0 Å². The molecular formula is C33H36N4O6S2. The van der Waals surface area contributed by atoms with Gasteiger partial charge in [0.25, 0.3) is 10.0 Å². The van der Waals surface area contributed by atoms with Crippen LogP contribution in [0.15, 0.2) is 88.2 Å². The molecule has 0 radical (unpaired) electrons. The van der Waals surface area contributed by atoms with E-state index in [1.165, 1.54) is 12.1 Å². The molecular weight excluding hydrogens is 613 g/mol. The molecule has 3 aromatic rings. The molecule has 5 rings (SSSR count). The van der Waals surface area contributed by atoms with Gasteiger partial charge in [-0.15, -0.1) is 4.40 Å². The monoisotopic (exact) mass is 648 g/mol. The van der Waals surface area contributed by atoms with E-state index in [0.717, 1.165) is 23.4 Å². The maximum Gasteiger partial charge on any atom is 0.286 e. The van der Waals surface area contributed by atoms with Crippen LogP contribution in [0.25, 0.3) is 11.8 Å². The van der Waals surface area contributed by atoms with Crippen molar-refractivity contribution in [3.8, 4) is 0 Å². The van der Waals surface area contributed by atoms with E-state index in [0.29, 0.717) is 30.5 Å². The lowest BCUT2D eigenvalue weighted by atomic mass is 9.69. The van der Waals surface area contributed by atoms with E-state index in [9.17, 15) is 26.7 Å². The van der Waals surface area contributed by atoms with Gasteiger partial charge in [0.05, 0.1) is 11.9 Å². The van der Waals surface area contributed by atoms with E-state index >= 15 is 0 Å². The topological polar surface area (TPSA) is 154 Å². The molecule has 1 heterocycles. The first-order valence-electron chi connectivity index (χ1n) is 14.3. The second-order valence-corrected chi connectivity index (χ2v) is 15.8. The molecule has 4 N–H and O–H groups in total. The predicted octanol–water partition coefficient (Wildman–Crippen LogP) is 5.58. The molecule has 10 nitrogen and oxygen atoms in total. The Hall–Kier alpha value is -4.26. The Balaban J connectivity index is 1.64. The highest BCUT2D eigenvalue weighted by molar-refractivity contribution is 7.92. The molecule has 45 heavy (non-hydrogen) atoms. The maximum absolute atomic E-state index is 14.8. The Morgan fingerprint density at radius 1 is 1.07 bits per heavy atom. The first-order chi connectivity index (χ1) is 21.0. The number of amidine groups is 1. The Labute approximate surface area is 264 Å². The van der Waals surface area contributed by atoms with Crippen LogP contribution in [-0.2, 0) is 36.9 Å². The number of ketones is 1. The van der Waals surface area contributed by atoms with Gasteiger partial charge < -0.3 is 10.4 Å². The standard InChI is InChI=1S/C33H36N4O6S2/c1-6-21-10-9-11-22(18-21)20-34-33(17-16-32(2,3)4)25-13-8-7-12-24(25)29(38)28(30(33)39)31-35-26-15-14-23(36-44(5,40)41)19-27(26)45(42,43)37-31/h6-15,18-19,34,36,38H,1,16-17,20H2,2-5H3,(H,35,37). The van der Waals surface area contributed by atoms with E-state index in [2.05, 4.69) is 47.1 Å². The number of carbonyl (C=O) groups is 1. The molecule has 0 fully saturated rings. The van der Waals surface area contributed by atoms with Crippen LogP contribution in [0.3, 0.4) is 0 Å². The molecule has 0 saturated heterocycles. The summed E-state index contributed by atoms with van der Waals surface area (Å²) in [7, 11) is -8.08. The van der Waals surface area contributed by atoms with Crippen LogP contribution in [0, 0.1) is 5.41 Å². The summed E-state index contributed by atoms with van der Waals surface area (Å²) < 4.78 is 56.5. The molecule has 3 aromatic carbocycles. The highest BCUT2D eigenvalue weighted by atomic mass is 32.2. The van der Waals surface area contributed by atoms with Crippen LogP contribution in [0.4, 0.5) is 11.4 Å². The van der Waals surface area contributed by atoms with Gasteiger partial charge >= 0.3 is 0 Å². The average molecular weight is 649 g/mol. The molecule has 1 unspecified atom stereocenters. The zero-order chi connectivity index (χ0) is 32.8. The number of benzene rings is 3. The van der Waals surface area contributed by atoms with E-state index in [1.807, 2.05) is 24.3 Å². The molecule has 2 aliphatic rings. The number of hydrogen-bond acceptors (Lipinski definition) is 8. The Morgan fingerprint density at radius 2 is 1.80 bits per heavy atom. The third-order valence-electron chi connectivity index (χ3n) is 7.79. The molecule has 0 amide bonds. The first kappa shape index (κ1) is 32.1. The number of sulfonamides is 2. The predicted molar refractivity (Wildman–Crippen MR) is 178 cm³/mol. The third kappa shape index (κ3) is 6.58. The average Bonchev–Trinajstić information content (AvgIpc) is 2.96. The summed E-state index contributed by atoms with van der Waals surface area (Å²) in [5.74, 6) is -1.24. The molecule has 236 valence electrons. The van der Waals surface area contributed by atoms with Crippen molar-refractivity contribution >= 4 is 54.9 Å². The third-order valence-corrected chi connectivity index (χ3v) is 9.71. The Kier molecular flexibility index (Phi) is 8.28. The van der Waals surface area contributed by atoms with Gasteiger partial charge in [0.2, 0.25) is 10.0 Å². The summed E-state index contributed by atoms with van der Waals surface area (Å²) in [6, 6.07) is 18.7. The number of anilines is 2. The van der Waals surface area contributed by atoms with Gasteiger partial charge in [0.15, 0.2) is 11.6 Å². The fourth-order valence-corrected chi connectivity index (χ4v) is 7.27. The zero-order valence-corrected chi connectivity index (χ0v) is 27.1. The lowest BCUT2D eigenvalue weighted by Gasteiger charge is -2.41. The summed E-state index contributed by atoms with van der Waals surface area (Å²) in [5.41, 5.74) is 1.16. The maximum atomic E-state index is 14.8. The quantitative estimate of drug-likeness (QED) is 0.235. The van der Waals surface area contributed by atoms with Crippen molar-refractivity contribution in [2.45, 2.75) is 50.6 Å². The molecule has 0 bridgehead atoms. The van der Waals surface area contributed by atoms with Crippen molar-refractivity contribution in [3.63, 3.8) is 0 Å². The highest BCUT2D eigenvalue weighted by Gasteiger charge is 2.49. The first-order valence-corrected chi connectivity index (χ1v) is 17.6. The lowest BCUT2D eigenvalue weighted by molar-refractivity contribution is -0.122. The fourth-order valence-electron chi connectivity index (χ4n) is 5.56. The van der Waals surface area contributed by atoms with E-state index < -0.39 is 37.1 Å². The molecule has 0 saturated carbocycles. The zero-order valence-electron chi connectivity index (χ0n) is 25.5. The molecule has 1 atom stereocenters. The number of nitrogens with one attached hydrogen (secondary N) is 3. The van der Waals surface area contributed by atoms with Crippen LogP contribution >= 0.6 is 0 Å². The smallest absolute Gasteiger partial charge is 0.286 e. The normalized spacial score (nSPS) is 19.2. The van der Waals surface area contributed by atoms with E-state index in [4.69, 9.17) is 0 Å². The number of nitrogens with zero attached hydrogens (tertiary/aromatic N) is 1. The van der Waals surface area contributed by atoms with Crippen molar-refractivity contribution in [2.75, 3.05) is 16.3 Å². The second-order valence-electron chi connectivity index (χ2n) is 12.5. The van der Waals surface area contributed by atoms with Gasteiger partial charge in [-0.05, 0) is 53.1 Å². The van der Waals surface area contributed by atoms with Crippen molar-refractivity contribution in [1.29, 1.82) is 0 Å².